The van der Waals surface area contributed by atoms with Crippen molar-refractivity contribution in [3.05, 3.63) is 0 Å². The molecule has 0 radical (unpaired) electrons. The number of aliphatic hydroxyl groups is 1. The molecule has 0 aliphatic heterocycles. The van der Waals surface area contributed by atoms with E-state index in [9.17, 15) is 5.11 Å². The zero-order chi connectivity index (χ0) is 10.0. The molecule has 14 heavy (non-hydrogen) atoms. The van der Waals surface area contributed by atoms with Gasteiger partial charge in [-0.1, -0.05) is 6.42 Å². The molecule has 0 aromatic rings. The summed E-state index contributed by atoms with van der Waals surface area (Å²) in [4.78, 5) is 0. The molecule has 0 spiro atoms. The molecule has 82 valence electrons. The normalized spacial score (nSPS) is 39.4. The van der Waals surface area contributed by atoms with Crippen LogP contribution in [0.2, 0.25) is 0 Å². The zero-order valence-electron chi connectivity index (χ0n) is 9.17. The van der Waals surface area contributed by atoms with Crippen LogP contribution in [0.5, 0.6) is 0 Å². The molecule has 2 saturated carbocycles. The van der Waals surface area contributed by atoms with Gasteiger partial charge < -0.3 is 9.84 Å². The van der Waals surface area contributed by atoms with Crippen molar-refractivity contribution in [3.63, 3.8) is 0 Å². The van der Waals surface area contributed by atoms with Crippen molar-refractivity contribution >= 4 is 0 Å². The van der Waals surface area contributed by atoms with Gasteiger partial charge in [-0.2, -0.15) is 0 Å². The largest absolute Gasteiger partial charge is 0.390 e. The summed E-state index contributed by atoms with van der Waals surface area (Å²) in [6.07, 6.45) is 8.26. The number of rotatable bonds is 3. The third-order valence-corrected chi connectivity index (χ3v) is 4.07. The van der Waals surface area contributed by atoms with Crippen molar-refractivity contribution in [3.8, 4) is 0 Å². The molecular weight excluding hydrogens is 176 g/mol. The van der Waals surface area contributed by atoms with E-state index in [4.69, 9.17) is 4.74 Å². The summed E-state index contributed by atoms with van der Waals surface area (Å²) < 4.78 is 5.60. The van der Waals surface area contributed by atoms with Crippen LogP contribution in [0.25, 0.3) is 0 Å². The average Bonchev–Trinajstić information content (AvgIpc) is 2.06. The van der Waals surface area contributed by atoms with Gasteiger partial charge in [0.15, 0.2) is 0 Å². The molecule has 0 unspecified atom stereocenters. The Kier molecular flexibility index (Phi) is 3.13. The fraction of sp³-hybridized carbons (Fsp3) is 1.00. The van der Waals surface area contributed by atoms with Crippen LogP contribution in [0.15, 0.2) is 0 Å². The Morgan fingerprint density at radius 3 is 2.29 bits per heavy atom. The van der Waals surface area contributed by atoms with Gasteiger partial charge in [-0.05, 0) is 51.4 Å². The van der Waals surface area contributed by atoms with Crippen LogP contribution in [0, 0.1) is 5.92 Å². The predicted octanol–water partition coefficient (Wildman–Crippen LogP) is 2.50. The van der Waals surface area contributed by atoms with E-state index in [0.717, 1.165) is 32.3 Å². The highest BCUT2D eigenvalue weighted by Gasteiger charge is 2.42. The second-order valence-corrected chi connectivity index (χ2v) is 4.89. The van der Waals surface area contributed by atoms with Crippen molar-refractivity contribution in [2.24, 2.45) is 5.92 Å². The SMILES string of the molecule is CCOC1CCC(O)(C2CCC2)CC1. The molecule has 0 atom stereocenters. The number of hydrogen-bond donors (Lipinski definition) is 1. The lowest BCUT2D eigenvalue weighted by Crippen LogP contribution is -2.45. The molecule has 2 heteroatoms. The maximum atomic E-state index is 10.4. The fourth-order valence-corrected chi connectivity index (χ4v) is 2.85. The highest BCUT2D eigenvalue weighted by molar-refractivity contribution is 4.94. The average molecular weight is 198 g/mol. The summed E-state index contributed by atoms with van der Waals surface area (Å²) in [7, 11) is 0. The summed E-state index contributed by atoms with van der Waals surface area (Å²) in [5, 5.41) is 10.4. The summed E-state index contributed by atoms with van der Waals surface area (Å²) >= 11 is 0. The molecule has 0 amide bonds. The number of hydrogen-bond acceptors (Lipinski definition) is 2. The van der Waals surface area contributed by atoms with E-state index in [1.807, 2.05) is 6.92 Å². The molecule has 0 heterocycles. The van der Waals surface area contributed by atoms with Gasteiger partial charge in [-0.25, -0.2) is 0 Å². The summed E-state index contributed by atoms with van der Waals surface area (Å²) in [5.41, 5.74) is -0.328. The van der Waals surface area contributed by atoms with Gasteiger partial charge in [0.05, 0.1) is 11.7 Å². The molecule has 2 aliphatic carbocycles. The first-order valence-electron chi connectivity index (χ1n) is 6.08. The van der Waals surface area contributed by atoms with Crippen LogP contribution in [0.1, 0.15) is 51.9 Å². The molecule has 1 N–H and O–H groups in total. The Morgan fingerprint density at radius 1 is 1.21 bits per heavy atom. The monoisotopic (exact) mass is 198 g/mol. The molecule has 2 aliphatic rings. The minimum atomic E-state index is -0.328. The van der Waals surface area contributed by atoms with Crippen LogP contribution >= 0.6 is 0 Å². The van der Waals surface area contributed by atoms with Gasteiger partial charge in [0.1, 0.15) is 0 Å². The van der Waals surface area contributed by atoms with Crippen molar-refractivity contribution in [2.75, 3.05) is 6.61 Å². The minimum absolute atomic E-state index is 0.328. The highest BCUT2D eigenvalue weighted by Crippen LogP contribution is 2.44. The van der Waals surface area contributed by atoms with Gasteiger partial charge in [0, 0.05) is 6.61 Å². The van der Waals surface area contributed by atoms with E-state index in [1.54, 1.807) is 0 Å². The van der Waals surface area contributed by atoms with E-state index >= 15 is 0 Å². The Balaban J connectivity index is 1.81. The molecule has 0 aromatic carbocycles. The van der Waals surface area contributed by atoms with Crippen LogP contribution in [-0.2, 0) is 4.74 Å². The van der Waals surface area contributed by atoms with Gasteiger partial charge >= 0.3 is 0 Å². The van der Waals surface area contributed by atoms with E-state index in [0.29, 0.717) is 12.0 Å². The lowest BCUT2D eigenvalue weighted by Gasteiger charge is -2.45. The third kappa shape index (κ3) is 1.96. The summed E-state index contributed by atoms with van der Waals surface area (Å²) in [5.74, 6) is 0.602. The Morgan fingerprint density at radius 2 is 1.86 bits per heavy atom. The molecule has 0 aromatic heterocycles. The number of ether oxygens (including phenoxy) is 1. The second-order valence-electron chi connectivity index (χ2n) is 4.89. The van der Waals surface area contributed by atoms with Gasteiger partial charge in [0.25, 0.3) is 0 Å². The van der Waals surface area contributed by atoms with Gasteiger partial charge in [0.2, 0.25) is 0 Å². The summed E-state index contributed by atoms with van der Waals surface area (Å²) in [6.45, 7) is 2.86. The van der Waals surface area contributed by atoms with Crippen molar-refractivity contribution in [1.82, 2.24) is 0 Å². The van der Waals surface area contributed by atoms with E-state index < -0.39 is 0 Å². The molecule has 0 bridgehead atoms. The lowest BCUT2D eigenvalue weighted by atomic mass is 9.66. The minimum Gasteiger partial charge on any atom is -0.390 e. The topological polar surface area (TPSA) is 29.5 Å². The highest BCUT2D eigenvalue weighted by atomic mass is 16.5. The van der Waals surface area contributed by atoms with Crippen LogP contribution in [-0.4, -0.2) is 23.4 Å². The van der Waals surface area contributed by atoms with Crippen molar-refractivity contribution in [2.45, 2.75) is 63.6 Å². The standard InChI is InChI=1S/C12H22O2/c1-2-14-11-6-8-12(13,9-7-11)10-4-3-5-10/h10-11,13H,2-9H2,1H3. The van der Waals surface area contributed by atoms with E-state index in [-0.39, 0.29) is 5.60 Å². The van der Waals surface area contributed by atoms with Gasteiger partial charge in [-0.15, -0.1) is 0 Å². The molecule has 2 nitrogen and oxygen atoms in total. The smallest absolute Gasteiger partial charge is 0.0677 e. The molecule has 0 saturated heterocycles. The quantitative estimate of drug-likeness (QED) is 0.755. The molecular formula is C12H22O2. The van der Waals surface area contributed by atoms with Gasteiger partial charge in [-0.3, -0.25) is 0 Å². The van der Waals surface area contributed by atoms with E-state index in [2.05, 4.69) is 0 Å². The first-order valence-corrected chi connectivity index (χ1v) is 6.08. The predicted molar refractivity (Wildman–Crippen MR) is 56.2 cm³/mol. The zero-order valence-corrected chi connectivity index (χ0v) is 9.17. The lowest BCUT2D eigenvalue weighted by molar-refractivity contribution is -0.105. The fourth-order valence-electron chi connectivity index (χ4n) is 2.85. The maximum Gasteiger partial charge on any atom is 0.0677 e. The second kappa shape index (κ2) is 4.19. The Hall–Kier alpha value is -0.0800. The van der Waals surface area contributed by atoms with E-state index in [1.165, 1.54) is 19.3 Å². The first kappa shape index (κ1) is 10.4. The van der Waals surface area contributed by atoms with Crippen LogP contribution in [0.4, 0.5) is 0 Å². The third-order valence-electron chi connectivity index (χ3n) is 4.07. The summed E-state index contributed by atoms with van der Waals surface area (Å²) in [6, 6.07) is 0. The first-order chi connectivity index (χ1) is 6.74. The Bertz CT molecular complexity index is 179. The van der Waals surface area contributed by atoms with Crippen molar-refractivity contribution in [1.29, 1.82) is 0 Å². The maximum absolute atomic E-state index is 10.4. The van der Waals surface area contributed by atoms with Crippen LogP contribution in [0.3, 0.4) is 0 Å². The molecule has 2 fully saturated rings. The van der Waals surface area contributed by atoms with Crippen molar-refractivity contribution < 1.29 is 9.84 Å². The molecule has 2 rings (SSSR count). The Labute approximate surface area is 86.6 Å². The van der Waals surface area contributed by atoms with Crippen LogP contribution < -0.4 is 0 Å².